The summed E-state index contributed by atoms with van der Waals surface area (Å²) >= 11 is 0. The van der Waals surface area contributed by atoms with E-state index < -0.39 is 0 Å². The van der Waals surface area contributed by atoms with Gasteiger partial charge in [-0.1, -0.05) is 0 Å². The highest BCUT2D eigenvalue weighted by Crippen LogP contribution is 2.11. The number of aromatic nitrogens is 3. The van der Waals surface area contributed by atoms with Crippen LogP contribution in [0.1, 0.15) is 17.1 Å². The van der Waals surface area contributed by atoms with Crippen molar-refractivity contribution in [2.75, 3.05) is 0 Å². The minimum atomic E-state index is 0.869. The molecule has 0 saturated carbocycles. The maximum absolute atomic E-state index is 4.43. The van der Waals surface area contributed by atoms with Crippen molar-refractivity contribution in [3.63, 3.8) is 0 Å². The van der Waals surface area contributed by atoms with Crippen molar-refractivity contribution < 1.29 is 0 Å². The Balaban J connectivity index is 2.81. The predicted molar refractivity (Wildman–Crippen MR) is 51.5 cm³/mol. The Bertz CT molecular complexity index is 463. The van der Waals surface area contributed by atoms with Crippen LogP contribution in [0.15, 0.2) is 12.3 Å². The zero-order valence-electron chi connectivity index (χ0n) is 8.00. The Labute approximate surface area is 76.9 Å². The van der Waals surface area contributed by atoms with E-state index in [0.29, 0.717) is 0 Å². The van der Waals surface area contributed by atoms with E-state index in [-0.39, 0.29) is 0 Å². The molecule has 0 aromatic carbocycles. The van der Waals surface area contributed by atoms with Gasteiger partial charge in [0.25, 0.3) is 0 Å². The van der Waals surface area contributed by atoms with Crippen molar-refractivity contribution in [1.82, 2.24) is 15.0 Å². The standard InChI is InChI=1S/C10H11N3/c1-6-4-9-10(5-11-6)13-8(3)7(2)12-9/h4-5H,1-3H3. The van der Waals surface area contributed by atoms with Crippen LogP contribution in [0.5, 0.6) is 0 Å². The van der Waals surface area contributed by atoms with Crippen LogP contribution in [-0.2, 0) is 0 Å². The van der Waals surface area contributed by atoms with E-state index in [0.717, 1.165) is 28.1 Å². The van der Waals surface area contributed by atoms with Crippen molar-refractivity contribution in [1.29, 1.82) is 0 Å². The second kappa shape index (κ2) is 2.76. The summed E-state index contributed by atoms with van der Waals surface area (Å²) in [5.74, 6) is 0. The lowest BCUT2D eigenvalue weighted by molar-refractivity contribution is 1.08. The Morgan fingerprint density at radius 1 is 0.923 bits per heavy atom. The number of aryl methyl sites for hydroxylation is 3. The zero-order chi connectivity index (χ0) is 9.42. The molecule has 0 N–H and O–H groups in total. The topological polar surface area (TPSA) is 38.7 Å². The summed E-state index contributed by atoms with van der Waals surface area (Å²) in [5.41, 5.74) is 4.73. The summed E-state index contributed by atoms with van der Waals surface area (Å²) in [5, 5.41) is 0. The lowest BCUT2D eigenvalue weighted by Crippen LogP contribution is -1.94. The van der Waals surface area contributed by atoms with Crippen LogP contribution in [0, 0.1) is 20.8 Å². The van der Waals surface area contributed by atoms with Crippen LogP contribution in [0.2, 0.25) is 0 Å². The highest BCUT2D eigenvalue weighted by atomic mass is 14.8. The highest BCUT2D eigenvalue weighted by Gasteiger charge is 2.01. The lowest BCUT2D eigenvalue weighted by atomic mass is 10.3. The molecule has 0 amide bonds. The molecule has 2 aromatic heterocycles. The summed E-state index contributed by atoms with van der Waals surface area (Å²) in [7, 11) is 0. The van der Waals surface area contributed by atoms with Gasteiger partial charge in [0.05, 0.1) is 23.1 Å². The van der Waals surface area contributed by atoms with Gasteiger partial charge in [-0.3, -0.25) is 4.98 Å². The average molecular weight is 173 g/mol. The molecule has 0 saturated heterocycles. The fourth-order valence-electron chi connectivity index (χ4n) is 1.24. The molecule has 0 radical (unpaired) electrons. The zero-order valence-corrected chi connectivity index (χ0v) is 8.00. The van der Waals surface area contributed by atoms with Gasteiger partial charge in [0, 0.05) is 5.69 Å². The molecular weight excluding hydrogens is 162 g/mol. The van der Waals surface area contributed by atoms with E-state index in [1.807, 2.05) is 26.8 Å². The molecule has 0 unspecified atom stereocenters. The van der Waals surface area contributed by atoms with Crippen LogP contribution in [-0.4, -0.2) is 15.0 Å². The van der Waals surface area contributed by atoms with Crippen molar-refractivity contribution in [3.05, 3.63) is 29.3 Å². The molecule has 0 aliphatic rings. The van der Waals surface area contributed by atoms with Crippen LogP contribution in [0.3, 0.4) is 0 Å². The Kier molecular flexibility index (Phi) is 1.72. The normalized spacial score (nSPS) is 10.7. The van der Waals surface area contributed by atoms with Gasteiger partial charge in [-0.05, 0) is 26.8 Å². The third-order valence-corrected chi connectivity index (χ3v) is 2.10. The van der Waals surface area contributed by atoms with Gasteiger partial charge in [0.1, 0.15) is 5.52 Å². The summed E-state index contributed by atoms with van der Waals surface area (Å²) in [6.45, 7) is 5.88. The first-order valence-electron chi connectivity index (χ1n) is 4.24. The summed E-state index contributed by atoms with van der Waals surface area (Å²) in [6, 6.07) is 1.95. The number of fused-ring (bicyclic) bond motifs is 1. The smallest absolute Gasteiger partial charge is 0.107 e. The number of rotatable bonds is 0. The van der Waals surface area contributed by atoms with E-state index in [2.05, 4.69) is 15.0 Å². The van der Waals surface area contributed by atoms with E-state index in [4.69, 9.17) is 0 Å². The van der Waals surface area contributed by atoms with E-state index in [1.165, 1.54) is 0 Å². The number of nitrogens with zero attached hydrogens (tertiary/aromatic N) is 3. The van der Waals surface area contributed by atoms with Gasteiger partial charge in [-0.25, -0.2) is 9.97 Å². The van der Waals surface area contributed by atoms with Crippen LogP contribution in [0.25, 0.3) is 11.0 Å². The maximum Gasteiger partial charge on any atom is 0.107 e. The first-order valence-corrected chi connectivity index (χ1v) is 4.24. The molecule has 2 heterocycles. The largest absolute Gasteiger partial charge is 0.259 e. The van der Waals surface area contributed by atoms with Crippen LogP contribution < -0.4 is 0 Å². The van der Waals surface area contributed by atoms with Crippen molar-refractivity contribution in [3.8, 4) is 0 Å². The maximum atomic E-state index is 4.43. The molecule has 0 aliphatic heterocycles. The van der Waals surface area contributed by atoms with Crippen LogP contribution >= 0.6 is 0 Å². The summed E-state index contributed by atoms with van der Waals surface area (Å²) < 4.78 is 0. The van der Waals surface area contributed by atoms with Gasteiger partial charge in [-0.15, -0.1) is 0 Å². The molecule has 2 rings (SSSR count). The number of hydrogen-bond acceptors (Lipinski definition) is 3. The Morgan fingerprint density at radius 2 is 1.54 bits per heavy atom. The van der Waals surface area contributed by atoms with Gasteiger partial charge < -0.3 is 0 Å². The molecule has 0 fully saturated rings. The van der Waals surface area contributed by atoms with E-state index >= 15 is 0 Å². The second-order valence-corrected chi connectivity index (χ2v) is 3.21. The lowest BCUT2D eigenvalue weighted by Gasteiger charge is -2.01. The predicted octanol–water partition coefficient (Wildman–Crippen LogP) is 1.95. The van der Waals surface area contributed by atoms with Crippen LogP contribution in [0.4, 0.5) is 0 Å². The van der Waals surface area contributed by atoms with E-state index in [9.17, 15) is 0 Å². The average Bonchev–Trinajstić information content (AvgIpc) is 2.08. The molecule has 0 atom stereocenters. The van der Waals surface area contributed by atoms with Gasteiger partial charge >= 0.3 is 0 Å². The summed E-state index contributed by atoms with van der Waals surface area (Å²) in [6.07, 6.45) is 1.77. The highest BCUT2D eigenvalue weighted by molar-refractivity contribution is 5.73. The molecule has 0 bridgehead atoms. The van der Waals surface area contributed by atoms with Crippen molar-refractivity contribution in [2.45, 2.75) is 20.8 Å². The van der Waals surface area contributed by atoms with Crippen molar-refractivity contribution in [2.24, 2.45) is 0 Å². The first kappa shape index (κ1) is 8.10. The van der Waals surface area contributed by atoms with Gasteiger partial charge in [0.15, 0.2) is 0 Å². The molecular formula is C10H11N3. The van der Waals surface area contributed by atoms with E-state index in [1.54, 1.807) is 6.20 Å². The molecule has 13 heavy (non-hydrogen) atoms. The fraction of sp³-hybridized carbons (Fsp3) is 0.300. The monoisotopic (exact) mass is 173 g/mol. The fourth-order valence-corrected chi connectivity index (χ4v) is 1.24. The molecule has 3 heteroatoms. The molecule has 3 nitrogen and oxygen atoms in total. The first-order chi connectivity index (χ1) is 6.16. The third-order valence-electron chi connectivity index (χ3n) is 2.10. The molecule has 2 aromatic rings. The molecule has 66 valence electrons. The molecule has 0 aliphatic carbocycles. The Hall–Kier alpha value is -1.51. The minimum absolute atomic E-state index is 0.869. The SMILES string of the molecule is Cc1cc2nc(C)c(C)nc2cn1. The number of hydrogen-bond donors (Lipinski definition) is 0. The second-order valence-electron chi connectivity index (χ2n) is 3.21. The quantitative estimate of drug-likeness (QED) is 0.611. The minimum Gasteiger partial charge on any atom is -0.259 e. The Morgan fingerprint density at radius 3 is 2.23 bits per heavy atom. The van der Waals surface area contributed by atoms with Gasteiger partial charge in [0.2, 0.25) is 0 Å². The number of pyridine rings is 1. The summed E-state index contributed by atoms with van der Waals surface area (Å²) in [4.78, 5) is 13.0. The van der Waals surface area contributed by atoms with Gasteiger partial charge in [-0.2, -0.15) is 0 Å². The van der Waals surface area contributed by atoms with Crippen molar-refractivity contribution >= 4 is 11.0 Å². The third kappa shape index (κ3) is 1.37. The molecule has 0 spiro atoms.